The van der Waals surface area contributed by atoms with Gasteiger partial charge in [-0.3, -0.25) is 4.79 Å². The minimum atomic E-state index is -3.69. The van der Waals surface area contributed by atoms with Crippen molar-refractivity contribution in [3.05, 3.63) is 57.0 Å². The third kappa shape index (κ3) is 3.97. The molecule has 8 heteroatoms. The van der Waals surface area contributed by atoms with E-state index in [1.807, 2.05) is 6.07 Å². The smallest absolute Gasteiger partial charge is 0.259 e. The van der Waals surface area contributed by atoms with Gasteiger partial charge in [0, 0.05) is 10.9 Å². The second kappa shape index (κ2) is 8.48. The van der Waals surface area contributed by atoms with Gasteiger partial charge in [-0.25, -0.2) is 13.4 Å². The Morgan fingerprint density at radius 1 is 1.03 bits per heavy atom. The molecule has 0 saturated heterocycles. The Hall–Kier alpha value is -2.03. The summed E-state index contributed by atoms with van der Waals surface area (Å²) in [5, 5.41) is 0.707. The number of hydrogen-bond acceptors (Lipinski definition) is 5. The van der Waals surface area contributed by atoms with Gasteiger partial charge in [0.2, 0.25) is 10.0 Å². The molecule has 31 heavy (non-hydrogen) atoms. The van der Waals surface area contributed by atoms with Crippen LogP contribution < -0.4 is 5.56 Å². The van der Waals surface area contributed by atoms with Crippen LogP contribution in [0.25, 0.3) is 10.2 Å². The van der Waals surface area contributed by atoms with Crippen molar-refractivity contribution in [2.45, 2.75) is 75.3 Å². The molecule has 1 N–H and O–H groups in total. The van der Waals surface area contributed by atoms with Crippen molar-refractivity contribution in [3.63, 3.8) is 0 Å². The number of aryl methyl sites for hydroxylation is 2. The van der Waals surface area contributed by atoms with Gasteiger partial charge in [0.15, 0.2) is 0 Å². The van der Waals surface area contributed by atoms with Crippen LogP contribution >= 0.6 is 11.3 Å². The lowest BCUT2D eigenvalue weighted by Crippen LogP contribution is -2.41. The van der Waals surface area contributed by atoms with Crippen LogP contribution in [0.2, 0.25) is 0 Å². The number of aromatic amines is 1. The van der Waals surface area contributed by atoms with Gasteiger partial charge in [-0.15, -0.1) is 11.3 Å². The molecule has 2 aliphatic rings. The Morgan fingerprint density at radius 2 is 1.77 bits per heavy atom. The van der Waals surface area contributed by atoms with E-state index >= 15 is 0 Å². The molecular formula is C23H27N3O3S2. The van der Waals surface area contributed by atoms with E-state index in [-0.39, 0.29) is 23.0 Å². The first kappa shape index (κ1) is 20.8. The fourth-order valence-electron chi connectivity index (χ4n) is 4.94. The van der Waals surface area contributed by atoms with Crippen LogP contribution in [0, 0.1) is 0 Å². The minimum absolute atomic E-state index is 0.0727. The van der Waals surface area contributed by atoms with Crippen molar-refractivity contribution in [2.75, 3.05) is 0 Å². The van der Waals surface area contributed by atoms with Crippen molar-refractivity contribution in [2.24, 2.45) is 0 Å². The molecule has 0 atom stereocenters. The van der Waals surface area contributed by atoms with E-state index in [0.717, 1.165) is 68.2 Å². The summed E-state index contributed by atoms with van der Waals surface area (Å²) in [4.78, 5) is 22.9. The lowest BCUT2D eigenvalue weighted by Gasteiger charge is -2.33. The summed E-state index contributed by atoms with van der Waals surface area (Å²) >= 11 is 1.60. The molecule has 0 spiro atoms. The molecule has 1 fully saturated rings. The van der Waals surface area contributed by atoms with Crippen molar-refractivity contribution in [1.82, 2.24) is 14.3 Å². The Bertz CT molecular complexity index is 1240. The van der Waals surface area contributed by atoms with Crippen LogP contribution in [-0.2, 0) is 29.4 Å². The summed E-state index contributed by atoms with van der Waals surface area (Å²) in [6.07, 6.45) is 9.03. The third-order valence-electron chi connectivity index (χ3n) is 6.51. The Balaban J connectivity index is 1.55. The summed E-state index contributed by atoms with van der Waals surface area (Å²) in [5.74, 6) is 0.432. The number of aromatic nitrogens is 2. The molecule has 1 aromatic carbocycles. The highest BCUT2D eigenvalue weighted by Gasteiger charge is 2.33. The topological polar surface area (TPSA) is 83.1 Å². The summed E-state index contributed by atoms with van der Waals surface area (Å²) in [7, 11) is -3.69. The fourth-order valence-corrected chi connectivity index (χ4v) is 7.89. The molecule has 164 valence electrons. The predicted octanol–water partition coefficient (Wildman–Crippen LogP) is 4.39. The van der Waals surface area contributed by atoms with Crippen LogP contribution in [0.1, 0.15) is 61.2 Å². The van der Waals surface area contributed by atoms with Gasteiger partial charge < -0.3 is 4.98 Å². The molecule has 0 bridgehead atoms. The first-order chi connectivity index (χ1) is 15.0. The minimum Gasteiger partial charge on any atom is -0.309 e. The molecule has 6 nitrogen and oxygen atoms in total. The summed E-state index contributed by atoms with van der Waals surface area (Å²) in [6.45, 7) is 0.0929. The number of fused-ring (bicyclic) bond motifs is 3. The van der Waals surface area contributed by atoms with Gasteiger partial charge in [0.25, 0.3) is 5.56 Å². The van der Waals surface area contributed by atoms with Crippen LogP contribution in [0.4, 0.5) is 0 Å². The maximum atomic E-state index is 13.6. The van der Waals surface area contributed by atoms with E-state index in [0.29, 0.717) is 11.2 Å². The molecule has 2 aliphatic carbocycles. The SMILES string of the molecule is O=c1[nH]c(CN(C2CCCCC2)S(=O)(=O)c2ccccc2)nc2sc3c(c12)CCCC3. The highest BCUT2D eigenvalue weighted by Crippen LogP contribution is 2.34. The van der Waals surface area contributed by atoms with Gasteiger partial charge >= 0.3 is 0 Å². The van der Waals surface area contributed by atoms with Crippen molar-refractivity contribution in [3.8, 4) is 0 Å². The summed E-state index contributed by atoms with van der Waals surface area (Å²) < 4.78 is 28.7. The zero-order valence-electron chi connectivity index (χ0n) is 17.5. The summed E-state index contributed by atoms with van der Waals surface area (Å²) in [6, 6.07) is 8.50. The van der Waals surface area contributed by atoms with Gasteiger partial charge in [-0.1, -0.05) is 37.5 Å². The van der Waals surface area contributed by atoms with Crippen LogP contribution in [0.5, 0.6) is 0 Å². The average molecular weight is 458 g/mol. The number of H-pyrrole nitrogens is 1. The van der Waals surface area contributed by atoms with Crippen LogP contribution in [0.15, 0.2) is 40.0 Å². The number of nitrogens with one attached hydrogen (secondary N) is 1. The maximum absolute atomic E-state index is 13.6. The summed E-state index contributed by atoms with van der Waals surface area (Å²) in [5.41, 5.74) is 1.01. The van der Waals surface area contributed by atoms with Gasteiger partial charge in [-0.05, 0) is 56.2 Å². The number of hydrogen-bond donors (Lipinski definition) is 1. The molecule has 3 aromatic rings. The fraction of sp³-hybridized carbons (Fsp3) is 0.478. The first-order valence-corrected chi connectivity index (χ1v) is 13.4. The average Bonchev–Trinajstić information content (AvgIpc) is 3.17. The van der Waals surface area contributed by atoms with Crippen LogP contribution in [-0.4, -0.2) is 28.7 Å². The van der Waals surface area contributed by atoms with Gasteiger partial charge in [-0.2, -0.15) is 4.31 Å². The monoisotopic (exact) mass is 457 g/mol. The molecule has 2 aromatic heterocycles. The number of sulfonamides is 1. The normalized spacial score (nSPS) is 17.8. The van der Waals surface area contributed by atoms with E-state index < -0.39 is 10.0 Å². The lowest BCUT2D eigenvalue weighted by atomic mass is 9.95. The van der Waals surface area contributed by atoms with Crippen LogP contribution in [0.3, 0.4) is 0 Å². The van der Waals surface area contributed by atoms with E-state index in [1.54, 1.807) is 39.9 Å². The molecule has 2 heterocycles. The molecule has 0 amide bonds. The quantitative estimate of drug-likeness (QED) is 0.616. The molecule has 0 aliphatic heterocycles. The highest BCUT2D eigenvalue weighted by atomic mass is 32.2. The Labute approximate surface area is 186 Å². The molecule has 1 saturated carbocycles. The molecule has 0 unspecified atom stereocenters. The molecule has 0 radical (unpaired) electrons. The van der Waals surface area contributed by atoms with Gasteiger partial charge in [0.1, 0.15) is 10.7 Å². The van der Waals surface area contributed by atoms with Crippen molar-refractivity contribution in [1.29, 1.82) is 0 Å². The van der Waals surface area contributed by atoms with Gasteiger partial charge in [0.05, 0.1) is 16.8 Å². The van der Waals surface area contributed by atoms with Crippen molar-refractivity contribution < 1.29 is 8.42 Å². The largest absolute Gasteiger partial charge is 0.309 e. The van der Waals surface area contributed by atoms with E-state index in [9.17, 15) is 13.2 Å². The number of thiophene rings is 1. The predicted molar refractivity (Wildman–Crippen MR) is 123 cm³/mol. The van der Waals surface area contributed by atoms with E-state index in [2.05, 4.69) is 4.98 Å². The standard InChI is InChI=1S/C23H27N3O3S2/c27-22-21-18-13-7-8-14-19(18)30-23(21)25-20(24-22)15-26(16-9-3-1-4-10-16)31(28,29)17-11-5-2-6-12-17/h2,5-6,11-12,16H,1,3-4,7-10,13-15H2,(H,24,25,27). The third-order valence-corrected chi connectivity index (χ3v) is 9.61. The second-order valence-electron chi connectivity index (χ2n) is 8.56. The molecular weight excluding hydrogens is 430 g/mol. The second-order valence-corrected chi connectivity index (χ2v) is 11.5. The lowest BCUT2D eigenvalue weighted by molar-refractivity contribution is 0.244. The zero-order chi connectivity index (χ0) is 21.4. The van der Waals surface area contributed by atoms with Crippen molar-refractivity contribution >= 4 is 31.6 Å². The number of rotatable bonds is 5. The Morgan fingerprint density at radius 3 is 2.55 bits per heavy atom. The van der Waals surface area contributed by atoms with E-state index in [4.69, 9.17) is 4.98 Å². The number of benzene rings is 1. The first-order valence-electron chi connectivity index (χ1n) is 11.1. The highest BCUT2D eigenvalue weighted by molar-refractivity contribution is 7.89. The number of nitrogens with zero attached hydrogens (tertiary/aromatic N) is 2. The molecule has 5 rings (SSSR count). The Kier molecular flexibility index (Phi) is 5.71. The van der Waals surface area contributed by atoms with E-state index in [1.165, 1.54) is 4.88 Å². The maximum Gasteiger partial charge on any atom is 0.259 e. The zero-order valence-corrected chi connectivity index (χ0v) is 19.1.